The highest BCUT2D eigenvalue weighted by molar-refractivity contribution is 5.93. The van der Waals surface area contributed by atoms with E-state index >= 15 is 0 Å². The summed E-state index contributed by atoms with van der Waals surface area (Å²) in [6, 6.07) is 7.88. The van der Waals surface area contributed by atoms with E-state index in [0.29, 0.717) is 31.6 Å². The van der Waals surface area contributed by atoms with Crippen LogP contribution in [0.5, 0.6) is 0 Å². The van der Waals surface area contributed by atoms with Gasteiger partial charge >= 0.3 is 0 Å². The van der Waals surface area contributed by atoms with Crippen molar-refractivity contribution in [2.75, 3.05) is 13.1 Å². The molecule has 0 aliphatic carbocycles. The van der Waals surface area contributed by atoms with Gasteiger partial charge in [-0.3, -0.25) is 19.4 Å². The third kappa shape index (κ3) is 3.65. The Labute approximate surface area is 137 Å². The highest BCUT2D eigenvalue weighted by Gasteiger charge is 2.25. The molecule has 2 aromatic rings. The van der Waals surface area contributed by atoms with Crippen molar-refractivity contribution in [2.45, 2.75) is 18.9 Å². The number of amides is 2. The Kier molecular flexibility index (Phi) is 4.64. The molecule has 1 fully saturated rings. The third-order valence-corrected chi connectivity index (χ3v) is 3.91. The van der Waals surface area contributed by atoms with Crippen LogP contribution in [0.3, 0.4) is 0 Å². The van der Waals surface area contributed by atoms with E-state index in [9.17, 15) is 14.4 Å². The number of aromatic amines is 1. The van der Waals surface area contributed by atoms with Crippen LogP contribution < -0.4 is 10.9 Å². The van der Waals surface area contributed by atoms with Crippen LogP contribution in [-0.2, 0) is 0 Å². The van der Waals surface area contributed by atoms with E-state index in [4.69, 9.17) is 0 Å². The predicted octanol–water partition coefficient (Wildman–Crippen LogP) is 0.199. The summed E-state index contributed by atoms with van der Waals surface area (Å²) in [5, 5.41) is 8.95. The second kappa shape index (κ2) is 7.03. The van der Waals surface area contributed by atoms with Crippen molar-refractivity contribution in [1.29, 1.82) is 0 Å². The summed E-state index contributed by atoms with van der Waals surface area (Å²) >= 11 is 0. The lowest BCUT2D eigenvalue weighted by Gasteiger charge is -2.32. The van der Waals surface area contributed by atoms with Gasteiger partial charge in [0.1, 0.15) is 11.4 Å². The minimum absolute atomic E-state index is 0.00657. The second-order valence-electron chi connectivity index (χ2n) is 5.56. The van der Waals surface area contributed by atoms with Crippen molar-refractivity contribution in [3.63, 3.8) is 0 Å². The molecule has 1 aliphatic rings. The molecule has 2 amide bonds. The van der Waals surface area contributed by atoms with Crippen molar-refractivity contribution in [1.82, 2.24) is 25.4 Å². The van der Waals surface area contributed by atoms with E-state index in [1.807, 2.05) is 0 Å². The number of rotatable bonds is 3. The first-order valence-corrected chi connectivity index (χ1v) is 7.70. The fraction of sp³-hybridized carbons (Fsp3) is 0.312. The van der Waals surface area contributed by atoms with Gasteiger partial charge in [-0.05, 0) is 31.0 Å². The van der Waals surface area contributed by atoms with E-state index in [1.54, 1.807) is 29.3 Å². The first-order valence-electron chi connectivity index (χ1n) is 7.70. The summed E-state index contributed by atoms with van der Waals surface area (Å²) in [6.45, 7) is 1.04. The van der Waals surface area contributed by atoms with Crippen LogP contribution in [0.1, 0.15) is 33.8 Å². The summed E-state index contributed by atoms with van der Waals surface area (Å²) in [4.78, 5) is 41.1. The van der Waals surface area contributed by atoms with Gasteiger partial charge in [-0.1, -0.05) is 6.07 Å². The maximum atomic E-state index is 12.3. The molecule has 0 spiro atoms. The van der Waals surface area contributed by atoms with Gasteiger partial charge in [-0.2, -0.15) is 5.10 Å². The Hall–Kier alpha value is -3.03. The van der Waals surface area contributed by atoms with Crippen LogP contribution in [0.25, 0.3) is 0 Å². The largest absolute Gasteiger partial charge is 0.348 e. The van der Waals surface area contributed by atoms with E-state index in [2.05, 4.69) is 20.5 Å². The molecule has 0 atom stereocenters. The quantitative estimate of drug-likeness (QED) is 0.837. The summed E-state index contributed by atoms with van der Waals surface area (Å²) in [5.74, 6) is -0.427. The molecule has 0 unspecified atom stereocenters. The van der Waals surface area contributed by atoms with Crippen molar-refractivity contribution in [3.05, 3.63) is 58.3 Å². The molecule has 0 saturated carbocycles. The average molecular weight is 327 g/mol. The zero-order valence-electron chi connectivity index (χ0n) is 12.9. The van der Waals surface area contributed by atoms with Gasteiger partial charge < -0.3 is 10.2 Å². The lowest BCUT2D eigenvalue weighted by molar-refractivity contribution is 0.0690. The van der Waals surface area contributed by atoms with Crippen LogP contribution in [-0.4, -0.2) is 51.0 Å². The van der Waals surface area contributed by atoms with E-state index in [-0.39, 0.29) is 29.1 Å². The molecule has 8 nitrogen and oxygen atoms in total. The van der Waals surface area contributed by atoms with E-state index in [1.165, 1.54) is 12.1 Å². The molecule has 3 heterocycles. The summed E-state index contributed by atoms with van der Waals surface area (Å²) in [7, 11) is 0. The average Bonchev–Trinajstić information content (AvgIpc) is 2.63. The molecule has 0 aromatic carbocycles. The molecule has 1 saturated heterocycles. The van der Waals surface area contributed by atoms with Gasteiger partial charge in [0, 0.05) is 31.4 Å². The molecule has 1 aliphatic heterocycles. The minimum Gasteiger partial charge on any atom is -0.348 e. The van der Waals surface area contributed by atoms with Crippen LogP contribution in [0.15, 0.2) is 41.3 Å². The number of nitrogens with zero attached hydrogens (tertiary/aromatic N) is 3. The van der Waals surface area contributed by atoms with E-state index in [0.717, 1.165) is 0 Å². The van der Waals surface area contributed by atoms with Crippen LogP contribution >= 0.6 is 0 Å². The molecule has 3 rings (SSSR count). The number of hydrogen-bond acceptors (Lipinski definition) is 5. The SMILES string of the molecule is O=C(NC1CCN(C(=O)c2ccc(=O)[nH]n2)CC1)c1ccccn1. The van der Waals surface area contributed by atoms with Crippen LogP contribution in [0.2, 0.25) is 0 Å². The summed E-state index contributed by atoms with van der Waals surface area (Å²) in [5.41, 5.74) is 0.251. The fourth-order valence-corrected chi connectivity index (χ4v) is 2.61. The first-order chi connectivity index (χ1) is 11.6. The van der Waals surface area contributed by atoms with E-state index < -0.39 is 0 Å². The number of aromatic nitrogens is 3. The maximum absolute atomic E-state index is 12.3. The number of likely N-dealkylation sites (tertiary alicyclic amines) is 1. The number of nitrogens with one attached hydrogen (secondary N) is 2. The van der Waals surface area contributed by atoms with Crippen molar-refractivity contribution in [2.24, 2.45) is 0 Å². The standard InChI is InChI=1S/C16H17N5O3/c22-14-5-4-13(19-20-14)16(24)21-9-6-11(7-10-21)18-15(23)12-3-1-2-8-17-12/h1-5,8,11H,6-7,9-10H2,(H,18,23)(H,20,22). The third-order valence-electron chi connectivity index (χ3n) is 3.91. The number of hydrogen-bond donors (Lipinski definition) is 2. The maximum Gasteiger partial charge on any atom is 0.274 e. The molecule has 124 valence electrons. The van der Waals surface area contributed by atoms with Crippen molar-refractivity contribution in [3.8, 4) is 0 Å². The summed E-state index contributed by atoms with van der Waals surface area (Å²) < 4.78 is 0. The number of H-pyrrole nitrogens is 1. The molecule has 8 heteroatoms. The number of piperidine rings is 1. The summed E-state index contributed by atoms with van der Waals surface area (Å²) in [6.07, 6.45) is 2.90. The Morgan fingerprint density at radius 2 is 1.92 bits per heavy atom. The van der Waals surface area contributed by atoms with Crippen LogP contribution in [0, 0.1) is 0 Å². The Morgan fingerprint density at radius 1 is 1.12 bits per heavy atom. The van der Waals surface area contributed by atoms with Gasteiger partial charge in [0.05, 0.1) is 0 Å². The number of carbonyl (C=O) groups is 2. The normalized spacial score (nSPS) is 15.1. The van der Waals surface area contributed by atoms with Gasteiger partial charge in [0.2, 0.25) is 0 Å². The number of pyridine rings is 1. The topological polar surface area (TPSA) is 108 Å². The minimum atomic E-state index is -0.345. The Morgan fingerprint density at radius 3 is 2.54 bits per heavy atom. The predicted molar refractivity (Wildman–Crippen MR) is 85.5 cm³/mol. The molecule has 0 radical (unpaired) electrons. The Balaban J connectivity index is 1.54. The van der Waals surface area contributed by atoms with Gasteiger partial charge in [0.15, 0.2) is 0 Å². The monoisotopic (exact) mass is 327 g/mol. The molecule has 2 N–H and O–H groups in total. The highest BCUT2D eigenvalue weighted by atomic mass is 16.2. The van der Waals surface area contributed by atoms with Gasteiger partial charge in [-0.25, -0.2) is 5.10 Å². The lowest BCUT2D eigenvalue weighted by Crippen LogP contribution is -2.46. The Bertz CT molecular complexity index is 761. The van der Waals surface area contributed by atoms with Gasteiger partial charge in [-0.15, -0.1) is 0 Å². The smallest absolute Gasteiger partial charge is 0.274 e. The van der Waals surface area contributed by atoms with Crippen molar-refractivity contribution < 1.29 is 9.59 Å². The fourth-order valence-electron chi connectivity index (χ4n) is 2.61. The zero-order valence-corrected chi connectivity index (χ0v) is 12.9. The lowest BCUT2D eigenvalue weighted by atomic mass is 10.0. The van der Waals surface area contributed by atoms with Gasteiger partial charge in [0.25, 0.3) is 17.4 Å². The molecular formula is C16H17N5O3. The first kappa shape index (κ1) is 15.9. The number of carbonyl (C=O) groups excluding carboxylic acids is 2. The highest BCUT2D eigenvalue weighted by Crippen LogP contribution is 2.13. The zero-order chi connectivity index (χ0) is 16.9. The van der Waals surface area contributed by atoms with Crippen LogP contribution in [0.4, 0.5) is 0 Å². The molecular weight excluding hydrogens is 310 g/mol. The molecule has 24 heavy (non-hydrogen) atoms. The second-order valence-corrected chi connectivity index (χ2v) is 5.56. The molecule has 0 bridgehead atoms. The van der Waals surface area contributed by atoms with Crippen molar-refractivity contribution >= 4 is 11.8 Å². The molecule has 2 aromatic heterocycles.